The predicted octanol–water partition coefficient (Wildman–Crippen LogP) is 4.81. The van der Waals surface area contributed by atoms with Crippen LogP contribution >= 0.6 is 0 Å². The van der Waals surface area contributed by atoms with Crippen LogP contribution in [0.25, 0.3) is 0 Å². The second-order valence-corrected chi connectivity index (χ2v) is 12.2. The third-order valence-corrected chi connectivity index (χ3v) is 9.20. The molecule has 0 aliphatic heterocycles. The summed E-state index contributed by atoms with van der Waals surface area (Å²) in [5, 5.41) is 3.00. The number of anilines is 1. The molecule has 4 rings (SSSR count). The average molecular weight is 582 g/mol. The highest BCUT2D eigenvalue weighted by Gasteiger charge is 2.33. The lowest BCUT2D eigenvalue weighted by molar-refractivity contribution is -0.139. The number of benzene rings is 3. The van der Waals surface area contributed by atoms with E-state index in [-0.39, 0.29) is 34.6 Å². The Morgan fingerprint density at radius 1 is 1.00 bits per heavy atom. The van der Waals surface area contributed by atoms with E-state index < -0.39 is 34.3 Å². The lowest BCUT2D eigenvalue weighted by Crippen LogP contribution is -2.52. The van der Waals surface area contributed by atoms with Crippen LogP contribution in [0.2, 0.25) is 0 Å². The highest BCUT2D eigenvalue weighted by atomic mass is 32.2. The van der Waals surface area contributed by atoms with Gasteiger partial charge in [0.2, 0.25) is 11.8 Å². The van der Waals surface area contributed by atoms with Crippen LogP contribution in [0.1, 0.15) is 43.7 Å². The molecule has 2 amide bonds. The van der Waals surface area contributed by atoms with Crippen LogP contribution in [0, 0.1) is 12.7 Å². The van der Waals surface area contributed by atoms with Crippen LogP contribution in [0.4, 0.5) is 10.1 Å². The van der Waals surface area contributed by atoms with Crippen LogP contribution in [0.5, 0.6) is 5.75 Å². The molecule has 41 heavy (non-hydrogen) atoms. The number of aryl methyl sites for hydroxylation is 1. The average Bonchev–Trinajstić information content (AvgIpc) is 3.48. The fraction of sp³-hybridized carbons (Fsp3) is 0.355. The molecule has 1 aliphatic carbocycles. The van der Waals surface area contributed by atoms with Crippen LogP contribution in [-0.2, 0) is 26.2 Å². The first-order valence-electron chi connectivity index (χ1n) is 13.7. The summed E-state index contributed by atoms with van der Waals surface area (Å²) in [7, 11) is -2.70. The molecule has 1 atom stereocenters. The van der Waals surface area contributed by atoms with Crippen molar-refractivity contribution in [1.82, 2.24) is 10.2 Å². The number of amides is 2. The van der Waals surface area contributed by atoms with Gasteiger partial charge in [0.25, 0.3) is 10.0 Å². The molecule has 3 aromatic rings. The first-order chi connectivity index (χ1) is 19.6. The van der Waals surface area contributed by atoms with Gasteiger partial charge in [-0.15, -0.1) is 0 Å². The van der Waals surface area contributed by atoms with E-state index in [2.05, 4.69) is 5.32 Å². The minimum atomic E-state index is -4.19. The Morgan fingerprint density at radius 2 is 1.63 bits per heavy atom. The van der Waals surface area contributed by atoms with E-state index in [1.165, 1.54) is 30.2 Å². The van der Waals surface area contributed by atoms with E-state index in [4.69, 9.17) is 4.74 Å². The highest BCUT2D eigenvalue weighted by Crippen LogP contribution is 2.27. The Bertz CT molecular complexity index is 1460. The fourth-order valence-corrected chi connectivity index (χ4v) is 6.31. The quantitative estimate of drug-likeness (QED) is 0.351. The standard InChI is InChI=1S/C31H36FN3O5S/c1-22-12-18-28(19-13-22)41(38,39)35(26-14-16-27(40-3)17-15-26)21-30(36)34(20-24-8-4-7-11-29(24)32)23(2)31(37)33-25-9-5-6-10-25/h4,7-8,11-19,23,25H,5-6,9-10,20-21H2,1-3H3,(H,33,37)/t23-/m1/s1. The summed E-state index contributed by atoms with van der Waals surface area (Å²) in [6.07, 6.45) is 3.76. The summed E-state index contributed by atoms with van der Waals surface area (Å²) in [4.78, 5) is 28.5. The summed E-state index contributed by atoms with van der Waals surface area (Å²) in [6.45, 7) is 2.62. The van der Waals surface area contributed by atoms with Crippen molar-refractivity contribution >= 4 is 27.5 Å². The Kier molecular flexibility index (Phi) is 9.65. The molecule has 0 heterocycles. The number of hydrogen-bond donors (Lipinski definition) is 1. The minimum Gasteiger partial charge on any atom is -0.497 e. The summed E-state index contributed by atoms with van der Waals surface area (Å²) in [6, 6.07) is 17.7. The van der Waals surface area contributed by atoms with Crippen molar-refractivity contribution in [1.29, 1.82) is 0 Å². The van der Waals surface area contributed by atoms with Gasteiger partial charge in [-0.2, -0.15) is 0 Å². The van der Waals surface area contributed by atoms with Crippen molar-refractivity contribution in [2.45, 2.75) is 63.1 Å². The SMILES string of the molecule is COc1ccc(N(CC(=O)N(Cc2ccccc2F)[C@H](C)C(=O)NC2CCCC2)S(=O)(=O)c2ccc(C)cc2)cc1. The number of methoxy groups -OCH3 is 1. The molecule has 0 radical (unpaired) electrons. The van der Waals surface area contributed by atoms with Gasteiger partial charge in [0.15, 0.2) is 0 Å². The number of sulfonamides is 1. The summed E-state index contributed by atoms with van der Waals surface area (Å²) < 4.78 is 48.7. The van der Waals surface area contributed by atoms with Gasteiger partial charge in [0.1, 0.15) is 24.2 Å². The van der Waals surface area contributed by atoms with Crippen LogP contribution in [0.15, 0.2) is 77.7 Å². The monoisotopic (exact) mass is 581 g/mol. The van der Waals surface area contributed by atoms with Gasteiger partial charge in [-0.25, -0.2) is 12.8 Å². The van der Waals surface area contributed by atoms with E-state index in [1.54, 1.807) is 61.5 Å². The number of nitrogens with zero attached hydrogens (tertiary/aromatic N) is 2. The van der Waals surface area contributed by atoms with Crippen molar-refractivity contribution < 1.29 is 27.1 Å². The third-order valence-electron chi connectivity index (χ3n) is 7.42. The van der Waals surface area contributed by atoms with Gasteiger partial charge in [0.05, 0.1) is 17.7 Å². The fourth-order valence-electron chi connectivity index (χ4n) is 4.90. The molecule has 0 spiro atoms. The molecule has 0 bridgehead atoms. The zero-order chi connectivity index (χ0) is 29.6. The first kappa shape index (κ1) is 30.0. The molecule has 1 aliphatic rings. The summed E-state index contributed by atoms with van der Waals surface area (Å²) in [5.74, 6) is -1.01. The summed E-state index contributed by atoms with van der Waals surface area (Å²) >= 11 is 0. The van der Waals surface area contributed by atoms with Crippen molar-refractivity contribution in [2.24, 2.45) is 0 Å². The molecule has 8 nitrogen and oxygen atoms in total. The van der Waals surface area contributed by atoms with E-state index in [1.807, 2.05) is 6.92 Å². The van der Waals surface area contributed by atoms with Crippen LogP contribution in [-0.4, -0.2) is 50.9 Å². The van der Waals surface area contributed by atoms with E-state index in [9.17, 15) is 22.4 Å². The van der Waals surface area contributed by atoms with Gasteiger partial charge in [0, 0.05) is 18.2 Å². The van der Waals surface area contributed by atoms with Crippen molar-refractivity contribution in [2.75, 3.05) is 18.0 Å². The molecule has 1 fully saturated rings. The maximum atomic E-state index is 14.7. The zero-order valence-electron chi connectivity index (χ0n) is 23.5. The Balaban J connectivity index is 1.69. The number of nitrogens with one attached hydrogen (secondary N) is 1. The van der Waals surface area contributed by atoms with Crippen molar-refractivity contribution in [3.05, 3.63) is 89.7 Å². The number of carbonyl (C=O) groups is 2. The van der Waals surface area contributed by atoms with Gasteiger partial charge in [-0.3, -0.25) is 13.9 Å². The smallest absolute Gasteiger partial charge is 0.264 e. The maximum absolute atomic E-state index is 14.7. The first-order valence-corrected chi connectivity index (χ1v) is 15.1. The molecule has 1 N–H and O–H groups in total. The van der Waals surface area contributed by atoms with E-state index in [0.717, 1.165) is 35.6 Å². The zero-order valence-corrected chi connectivity index (χ0v) is 24.4. The lowest BCUT2D eigenvalue weighted by atomic mass is 10.1. The van der Waals surface area contributed by atoms with Crippen molar-refractivity contribution in [3.63, 3.8) is 0 Å². The van der Waals surface area contributed by atoms with E-state index in [0.29, 0.717) is 5.75 Å². The van der Waals surface area contributed by atoms with Gasteiger partial charge in [-0.1, -0.05) is 48.7 Å². The minimum absolute atomic E-state index is 0.0133. The molecule has 1 saturated carbocycles. The number of ether oxygens (including phenoxy) is 1. The normalized spacial score (nSPS) is 14.3. The number of rotatable bonds is 11. The van der Waals surface area contributed by atoms with Crippen LogP contribution in [0.3, 0.4) is 0 Å². The number of carbonyl (C=O) groups excluding carboxylic acids is 2. The Labute approximate surface area is 241 Å². The largest absolute Gasteiger partial charge is 0.497 e. The maximum Gasteiger partial charge on any atom is 0.264 e. The lowest BCUT2D eigenvalue weighted by Gasteiger charge is -2.32. The highest BCUT2D eigenvalue weighted by molar-refractivity contribution is 7.92. The molecular weight excluding hydrogens is 545 g/mol. The van der Waals surface area contributed by atoms with Gasteiger partial charge < -0.3 is 15.0 Å². The second kappa shape index (κ2) is 13.2. The molecule has 0 aromatic heterocycles. The van der Waals surface area contributed by atoms with Gasteiger partial charge >= 0.3 is 0 Å². The predicted molar refractivity (Wildman–Crippen MR) is 156 cm³/mol. The molecule has 10 heteroatoms. The number of halogens is 1. The van der Waals surface area contributed by atoms with Crippen molar-refractivity contribution in [3.8, 4) is 5.75 Å². The summed E-state index contributed by atoms with van der Waals surface area (Å²) in [5.41, 5.74) is 1.35. The third kappa shape index (κ3) is 7.24. The molecule has 0 unspecified atom stereocenters. The second-order valence-electron chi connectivity index (χ2n) is 10.3. The Morgan fingerprint density at radius 3 is 2.24 bits per heavy atom. The van der Waals surface area contributed by atoms with E-state index >= 15 is 0 Å². The number of hydrogen-bond acceptors (Lipinski definition) is 5. The van der Waals surface area contributed by atoms with Gasteiger partial charge in [-0.05, 0) is 69.2 Å². The molecule has 0 saturated heterocycles. The molecular formula is C31H36FN3O5S. The Hall–Kier alpha value is -3.92. The molecule has 218 valence electrons. The van der Waals surface area contributed by atoms with Crippen LogP contribution < -0.4 is 14.4 Å². The topological polar surface area (TPSA) is 96.0 Å². The molecule has 3 aromatic carbocycles.